The Morgan fingerprint density at radius 2 is 1.59 bits per heavy atom. The second-order valence-corrected chi connectivity index (χ2v) is 8.38. The Balaban J connectivity index is 1.91. The van der Waals surface area contributed by atoms with E-state index in [1.807, 2.05) is 43.3 Å². The van der Waals surface area contributed by atoms with Crippen LogP contribution in [0.25, 0.3) is 5.76 Å². The molecule has 0 bridgehead atoms. The van der Waals surface area contributed by atoms with Crippen LogP contribution in [0, 0.1) is 6.92 Å². The van der Waals surface area contributed by atoms with Crippen LogP contribution in [0.15, 0.2) is 78.4 Å². The molecular formula is C27H25NO4. The van der Waals surface area contributed by atoms with Crippen molar-refractivity contribution in [2.45, 2.75) is 32.7 Å². The van der Waals surface area contributed by atoms with Gasteiger partial charge in [0.25, 0.3) is 11.7 Å². The van der Waals surface area contributed by atoms with Crippen LogP contribution in [0.2, 0.25) is 0 Å². The molecule has 1 unspecified atom stereocenters. The largest absolute Gasteiger partial charge is 0.508 e. The number of rotatable bonds is 4. The van der Waals surface area contributed by atoms with Crippen molar-refractivity contribution in [3.8, 4) is 5.75 Å². The number of Topliss-reactive ketones (excluding diaryl/α,β-unsaturated/α-hetero) is 1. The second-order valence-electron chi connectivity index (χ2n) is 8.38. The van der Waals surface area contributed by atoms with Crippen molar-refractivity contribution >= 4 is 23.1 Å². The highest BCUT2D eigenvalue weighted by molar-refractivity contribution is 6.51. The SMILES string of the molecule is Cc1ccc(/C(O)=C2/C(=O)C(=O)N(c3ccc(C(C)C)cc3)C2c2cccc(O)c2)cc1. The predicted molar refractivity (Wildman–Crippen MR) is 125 cm³/mol. The van der Waals surface area contributed by atoms with E-state index in [4.69, 9.17) is 0 Å². The zero-order valence-corrected chi connectivity index (χ0v) is 18.2. The number of anilines is 1. The van der Waals surface area contributed by atoms with Crippen molar-refractivity contribution in [3.05, 3.63) is 101 Å². The van der Waals surface area contributed by atoms with E-state index in [1.54, 1.807) is 24.3 Å². The molecule has 32 heavy (non-hydrogen) atoms. The lowest BCUT2D eigenvalue weighted by molar-refractivity contribution is -0.132. The number of ketones is 1. The fraction of sp³-hybridized carbons (Fsp3) is 0.185. The molecule has 3 aromatic carbocycles. The van der Waals surface area contributed by atoms with Gasteiger partial charge in [-0.1, -0.05) is 67.9 Å². The molecule has 162 valence electrons. The van der Waals surface area contributed by atoms with E-state index in [9.17, 15) is 19.8 Å². The van der Waals surface area contributed by atoms with Crippen molar-refractivity contribution < 1.29 is 19.8 Å². The van der Waals surface area contributed by atoms with Gasteiger partial charge >= 0.3 is 0 Å². The van der Waals surface area contributed by atoms with Gasteiger partial charge in [0.15, 0.2) is 0 Å². The summed E-state index contributed by atoms with van der Waals surface area (Å²) < 4.78 is 0. The fourth-order valence-electron chi connectivity index (χ4n) is 4.00. The van der Waals surface area contributed by atoms with Gasteiger partial charge in [-0.3, -0.25) is 14.5 Å². The number of benzene rings is 3. The Bertz CT molecular complexity index is 1210. The Hall–Kier alpha value is -3.86. The first-order valence-corrected chi connectivity index (χ1v) is 10.5. The Morgan fingerprint density at radius 1 is 0.938 bits per heavy atom. The number of aromatic hydroxyl groups is 1. The van der Waals surface area contributed by atoms with E-state index in [-0.39, 0.29) is 17.1 Å². The third-order valence-corrected chi connectivity index (χ3v) is 5.79. The summed E-state index contributed by atoms with van der Waals surface area (Å²) in [7, 11) is 0. The maximum atomic E-state index is 13.2. The molecule has 1 heterocycles. The van der Waals surface area contributed by atoms with Crippen LogP contribution in [0.5, 0.6) is 5.75 Å². The average Bonchev–Trinajstić information content (AvgIpc) is 3.04. The summed E-state index contributed by atoms with van der Waals surface area (Å²) in [5, 5.41) is 21.2. The fourth-order valence-corrected chi connectivity index (χ4v) is 4.00. The van der Waals surface area contributed by atoms with Crippen LogP contribution in [-0.2, 0) is 9.59 Å². The van der Waals surface area contributed by atoms with E-state index in [0.29, 0.717) is 22.7 Å². The molecule has 1 saturated heterocycles. The van der Waals surface area contributed by atoms with E-state index in [0.717, 1.165) is 11.1 Å². The standard InChI is InChI=1S/C27H25NO4/c1-16(2)18-11-13-21(14-12-18)28-24(20-5-4-6-22(29)15-20)23(26(31)27(28)32)25(30)19-9-7-17(3)8-10-19/h4-16,24,29-30H,1-3H3/b25-23-. The highest BCUT2D eigenvalue weighted by Crippen LogP contribution is 2.43. The number of phenolic OH excluding ortho intramolecular Hbond substituents is 1. The molecule has 3 aromatic rings. The monoisotopic (exact) mass is 427 g/mol. The maximum Gasteiger partial charge on any atom is 0.300 e. The molecule has 0 saturated carbocycles. The minimum absolute atomic E-state index is 0.00242. The summed E-state index contributed by atoms with van der Waals surface area (Å²) in [6.07, 6.45) is 0. The van der Waals surface area contributed by atoms with Gasteiger partial charge in [-0.25, -0.2) is 0 Å². The Kier molecular flexibility index (Phi) is 5.57. The van der Waals surface area contributed by atoms with Crippen molar-refractivity contribution in [1.82, 2.24) is 0 Å². The number of carbonyl (C=O) groups excluding carboxylic acids is 2. The number of hydrogen-bond acceptors (Lipinski definition) is 4. The molecule has 4 rings (SSSR count). The molecule has 2 N–H and O–H groups in total. The predicted octanol–water partition coefficient (Wildman–Crippen LogP) is 5.45. The number of carbonyl (C=O) groups is 2. The normalized spacial score (nSPS) is 17.9. The molecule has 1 aliphatic heterocycles. The number of amides is 1. The van der Waals surface area contributed by atoms with E-state index in [2.05, 4.69) is 13.8 Å². The Morgan fingerprint density at radius 3 is 2.19 bits per heavy atom. The lowest BCUT2D eigenvalue weighted by Crippen LogP contribution is -2.29. The highest BCUT2D eigenvalue weighted by atomic mass is 16.3. The smallest absolute Gasteiger partial charge is 0.300 e. The zero-order valence-electron chi connectivity index (χ0n) is 18.2. The lowest BCUT2D eigenvalue weighted by atomic mass is 9.94. The lowest BCUT2D eigenvalue weighted by Gasteiger charge is -2.26. The number of phenols is 1. The summed E-state index contributed by atoms with van der Waals surface area (Å²) in [5.74, 6) is -1.38. The van der Waals surface area contributed by atoms with Gasteiger partial charge in [0, 0.05) is 11.3 Å². The van der Waals surface area contributed by atoms with Gasteiger partial charge in [0.1, 0.15) is 11.5 Å². The van der Waals surface area contributed by atoms with Gasteiger partial charge in [-0.05, 0) is 48.2 Å². The Labute approximate surface area is 187 Å². The molecular weight excluding hydrogens is 402 g/mol. The van der Waals surface area contributed by atoms with Crippen molar-refractivity contribution in [1.29, 1.82) is 0 Å². The molecule has 1 fully saturated rings. The molecule has 1 atom stereocenters. The van der Waals surface area contributed by atoms with Gasteiger partial charge < -0.3 is 10.2 Å². The zero-order chi connectivity index (χ0) is 23.0. The van der Waals surface area contributed by atoms with Crippen LogP contribution < -0.4 is 4.90 Å². The van der Waals surface area contributed by atoms with Crippen LogP contribution in [-0.4, -0.2) is 21.9 Å². The number of hydrogen-bond donors (Lipinski definition) is 2. The summed E-state index contributed by atoms with van der Waals surface area (Å²) in [5.41, 5.74) is 3.65. The van der Waals surface area contributed by atoms with Gasteiger partial charge in [-0.15, -0.1) is 0 Å². The highest BCUT2D eigenvalue weighted by Gasteiger charge is 2.47. The molecule has 5 heteroatoms. The third kappa shape index (κ3) is 3.78. The number of nitrogens with zero attached hydrogens (tertiary/aromatic N) is 1. The molecule has 0 spiro atoms. The molecule has 1 aliphatic rings. The van der Waals surface area contributed by atoms with E-state index >= 15 is 0 Å². The number of aryl methyl sites for hydroxylation is 1. The quantitative estimate of drug-likeness (QED) is 0.330. The third-order valence-electron chi connectivity index (χ3n) is 5.79. The molecule has 0 aliphatic carbocycles. The van der Waals surface area contributed by atoms with Crippen LogP contribution in [0.3, 0.4) is 0 Å². The summed E-state index contributed by atoms with van der Waals surface area (Å²) >= 11 is 0. The maximum absolute atomic E-state index is 13.2. The molecule has 5 nitrogen and oxygen atoms in total. The van der Waals surface area contributed by atoms with Crippen molar-refractivity contribution in [2.75, 3.05) is 4.90 Å². The first-order valence-electron chi connectivity index (χ1n) is 10.5. The van der Waals surface area contributed by atoms with Crippen LogP contribution >= 0.6 is 0 Å². The van der Waals surface area contributed by atoms with Gasteiger partial charge in [-0.2, -0.15) is 0 Å². The first kappa shape index (κ1) is 21.4. The van der Waals surface area contributed by atoms with Gasteiger partial charge in [0.05, 0.1) is 11.6 Å². The first-order chi connectivity index (χ1) is 15.3. The second kappa shape index (κ2) is 8.35. The van der Waals surface area contributed by atoms with Crippen molar-refractivity contribution in [2.24, 2.45) is 0 Å². The number of aliphatic hydroxyl groups is 1. The van der Waals surface area contributed by atoms with E-state index < -0.39 is 17.7 Å². The van der Waals surface area contributed by atoms with Crippen LogP contribution in [0.4, 0.5) is 5.69 Å². The average molecular weight is 428 g/mol. The minimum Gasteiger partial charge on any atom is -0.508 e. The molecule has 1 amide bonds. The summed E-state index contributed by atoms with van der Waals surface area (Å²) in [6.45, 7) is 6.08. The summed E-state index contributed by atoms with van der Waals surface area (Å²) in [4.78, 5) is 27.7. The van der Waals surface area contributed by atoms with Crippen molar-refractivity contribution in [3.63, 3.8) is 0 Å². The van der Waals surface area contributed by atoms with Gasteiger partial charge in [0.2, 0.25) is 0 Å². The molecule has 0 radical (unpaired) electrons. The minimum atomic E-state index is -0.867. The molecule has 0 aromatic heterocycles. The topological polar surface area (TPSA) is 77.8 Å². The summed E-state index contributed by atoms with van der Waals surface area (Å²) in [6, 6.07) is 20.1. The van der Waals surface area contributed by atoms with E-state index in [1.165, 1.54) is 17.0 Å². The number of aliphatic hydroxyl groups excluding tert-OH is 1. The van der Waals surface area contributed by atoms with Crippen LogP contribution in [0.1, 0.15) is 48.1 Å².